The standard InChI is InChI=1S/C12H15BrN2O5/c1-18-5-6-20-10-4-3-8(13)7-9(10)11(16)14-15-12(17)19-2/h3-4,7H,5-6H2,1-2H3,(H,14,16)(H,15,17). The molecular weight excluding hydrogens is 332 g/mol. The monoisotopic (exact) mass is 346 g/mol. The van der Waals surface area contributed by atoms with Gasteiger partial charge in [-0.3, -0.25) is 10.2 Å². The third-order valence-electron chi connectivity index (χ3n) is 2.19. The SMILES string of the molecule is COCCOc1ccc(Br)cc1C(=O)NNC(=O)OC. The minimum atomic E-state index is -0.768. The van der Waals surface area contributed by atoms with Gasteiger partial charge in [0.2, 0.25) is 0 Å². The average Bonchev–Trinajstić information content (AvgIpc) is 2.46. The van der Waals surface area contributed by atoms with Gasteiger partial charge >= 0.3 is 6.09 Å². The molecule has 0 aliphatic carbocycles. The van der Waals surface area contributed by atoms with Crippen molar-refractivity contribution >= 4 is 27.9 Å². The summed E-state index contributed by atoms with van der Waals surface area (Å²) in [5, 5.41) is 0. The van der Waals surface area contributed by atoms with Gasteiger partial charge in [0.1, 0.15) is 12.4 Å². The highest BCUT2D eigenvalue weighted by Crippen LogP contribution is 2.23. The number of amides is 2. The molecule has 0 aliphatic rings. The van der Waals surface area contributed by atoms with Gasteiger partial charge in [0.25, 0.3) is 5.91 Å². The highest BCUT2D eigenvalue weighted by atomic mass is 79.9. The molecule has 1 aromatic rings. The van der Waals surface area contributed by atoms with E-state index in [0.717, 1.165) is 0 Å². The highest BCUT2D eigenvalue weighted by Gasteiger charge is 2.14. The largest absolute Gasteiger partial charge is 0.490 e. The summed E-state index contributed by atoms with van der Waals surface area (Å²) in [4.78, 5) is 22.9. The maximum atomic E-state index is 12.0. The Morgan fingerprint density at radius 3 is 2.60 bits per heavy atom. The minimum absolute atomic E-state index is 0.270. The van der Waals surface area contributed by atoms with E-state index in [9.17, 15) is 9.59 Å². The molecule has 20 heavy (non-hydrogen) atoms. The molecule has 0 fully saturated rings. The van der Waals surface area contributed by atoms with Crippen LogP contribution in [0.2, 0.25) is 0 Å². The molecule has 7 nitrogen and oxygen atoms in total. The minimum Gasteiger partial charge on any atom is -0.490 e. The molecule has 1 rings (SSSR count). The maximum absolute atomic E-state index is 12.0. The van der Waals surface area contributed by atoms with Gasteiger partial charge in [-0.05, 0) is 18.2 Å². The predicted molar refractivity (Wildman–Crippen MR) is 74.5 cm³/mol. The molecule has 1 aromatic carbocycles. The maximum Gasteiger partial charge on any atom is 0.425 e. The van der Waals surface area contributed by atoms with Gasteiger partial charge in [0.05, 0.1) is 19.3 Å². The van der Waals surface area contributed by atoms with E-state index in [1.165, 1.54) is 7.11 Å². The lowest BCUT2D eigenvalue weighted by Crippen LogP contribution is -2.41. The van der Waals surface area contributed by atoms with E-state index in [2.05, 4.69) is 31.5 Å². The van der Waals surface area contributed by atoms with Crippen LogP contribution in [0.1, 0.15) is 10.4 Å². The smallest absolute Gasteiger partial charge is 0.425 e. The lowest BCUT2D eigenvalue weighted by Gasteiger charge is -2.12. The van der Waals surface area contributed by atoms with Crippen LogP contribution in [0.5, 0.6) is 5.75 Å². The van der Waals surface area contributed by atoms with Crippen LogP contribution in [-0.4, -0.2) is 39.4 Å². The Hall–Kier alpha value is -1.80. The number of ether oxygens (including phenoxy) is 3. The van der Waals surface area contributed by atoms with Crippen LogP contribution in [0.3, 0.4) is 0 Å². The number of hydrogen-bond acceptors (Lipinski definition) is 5. The summed E-state index contributed by atoms with van der Waals surface area (Å²) in [7, 11) is 2.75. The normalized spacial score (nSPS) is 9.75. The third kappa shape index (κ3) is 5.06. The lowest BCUT2D eigenvalue weighted by molar-refractivity contribution is 0.0913. The van der Waals surface area contributed by atoms with Gasteiger partial charge < -0.3 is 14.2 Å². The Morgan fingerprint density at radius 2 is 1.95 bits per heavy atom. The molecule has 2 amide bonds. The number of halogens is 1. The molecule has 0 atom stereocenters. The van der Waals surface area contributed by atoms with Gasteiger partial charge in [0, 0.05) is 11.6 Å². The van der Waals surface area contributed by atoms with E-state index in [4.69, 9.17) is 9.47 Å². The van der Waals surface area contributed by atoms with Crippen LogP contribution >= 0.6 is 15.9 Å². The fourth-order valence-corrected chi connectivity index (χ4v) is 1.63. The van der Waals surface area contributed by atoms with E-state index >= 15 is 0 Å². The summed E-state index contributed by atoms with van der Waals surface area (Å²) >= 11 is 3.27. The zero-order chi connectivity index (χ0) is 15.0. The van der Waals surface area contributed by atoms with Crippen molar-refractivity contribution in [2.75, 3.05) is 27.4 Å². The molecule has 0 spiro atoms. The molecule has 0 bridgehead atoms. The molecule has 110 valence electrons. The van der Waals surface area contributed by atoms with Gasteiger partial charge in [-0.1, -0.05) is 15.9 Å². The number of methoxy groups -OCH3 is 2. The molecule has 0 saturated heterocycles. The van der Waals surface area contributed by atoms with Gasteiger partial charge in [0.15, 0.2) is 0 Å². The van der Waals surface area contributed by atoms with Crippen molar-refractivity contribution < 1.29 is 23.8 Å². The second kappa shape index (κ2) is 8.39. The van der Waals surface area contributed by atoms with Crippen molar-refractivity contribution in [1.29, 1.82) is 0 Å². The summed E-state index contributed by atoms with van der Waals surface area (Å²) in [6.07, 6.45) is -0.768. The molecule has 0 unspecified atom stereocenters. The summed E-state index contributed by atoms with van der Waals surface area (Å²) < 4.78 is 15.4. The van der Waals surface area contributed by atoms with E-state index < -0.39 is 12.0 Å². The predicted octanol–water partition coefficient (Wildman–Crippen LogP) is 1.48. The van der Waals surface area contributed by atoms with Crippen LogP contribution in [0, 0.1) is 0 Å². The van der Waals surface area contributed by atoms with E-state index in [1.807, 2.05) is 0 Å². The van der Waals surface area contributed by atoms with E-state index in [-0.39, 0.29) is 5.56 Å². The van der Waals surface area contributed by atoms with Crippen LogP contribution < -0.4 is 15.6 Å². The Kier molecular flexibility index (Phi) is 6.82. The zero-order valence-electron chi connectivity index (χ0n) is 11.1. The Bertz CT molecular complexity index is 481. The molecule has 2 N–H and O–H groups in total. The molecular formula is C12H15BrN2O5. The van der Waals surface area contributed by atoms with Crippen LogP contribution in [0.4, 0.5) is 4.79 Å². The van der Waals surface area contributed by atoms with Crippen LogP contribution in [0.15, 0.2) is 22.7 Å². The number of hydrazine groups is 1. The fourth-order valence-electron chi connectivity index (χ4n) is 1.27. The lowest BCUT2D eigenvalue weighted by atomic mass is 10.2. The Labute approximate surface area is 124 Å². The third-order valence-corrected chi connectivity index (χ3v) is 2.69. The number of carbonyl (C=O) groups excluding carboxylic acids is 2. The van der Waals surface area contributed by atoms with Crippen molar-refractivity contribution in [2.45, 2.75) is 0 Å². The Balaban J connectivity index is 2.77. The molecule has 0 heterocycles. The van der Waals surface area contributed by atoms with Crippen LogP contribution in [-0.2, 0) is 9.47 Å². The second-order valence-corrected chi connectivity index (χ2v) is 4.47. The zero-order valence-corrected chi connectivity index (χ0v) is 12.7. The van der Waals surface area contributed by atoms with E-state index in [0.29, 0.717) is 23.4 Å². The molecule has 0 aromatic heterocycles. The summed E-state index contributed by atoms with van der Waals surface area (Å²) in [5.74, 6) is -0.140. The van der Waals surface area contributed by atoms with Crippen molar-refractivity contribution in [3.05, 3.63) is 28.2 Å². The molecule has 0 aliphatic heterocycles. The van der Waals surface area contributed by atoms with E-state index in [1.54, 1.807) is 25.3 Å². The topological polar surface area (TPSA) is 85.9 Å². The average molecular weight is 347 g/mol. The number of benzene rings is 1. The van der Waals surface area contributed by atoms with Gasteiger partial charge in [-0.15, -0.1) is 0 Å². The van der Waals surface area contributed by atoms with Crippen LogP contribution in [0.25, 0.3) is 0 Å². The number of carbonyl (C=O) groups is 2. The summed E-state index contributed by atoms with van der Waals surface area (Å²) in [6, 6.07) is 4.97. The van der Waals surface area contributed by atoms with Crippen molar-refractivity contribution in [1.82, 2.24) is 10.9 Å². The van der Waals surface area contributed by atoms with Gasteiger partial charge in [-0.2, -0.15) is 0 Å². The van der Waals surface area contributed by atoms with Crippen molar-refractivity contribution in [3.8, 4) is 5.75 Å². The first-order valence-corrected chi connectivity index (χ1v) is 6.43. The molecule has 8 heteroatoms. The summed E-state index contributed by atoms with van der Waals surface area (Å²) in [5.41, 5.74) is 4.57. The molecule has 0 radical (unpaired) electrons. The first-order chi connectivity index (χ1) is 9.58. The summed E-state index contributed by atoms with van der Waals surface area (Å²) in [6.45, 7) is 0.709. The molecule has 0 saturated carbocycles. The Morgan fingerprint density at radius 1 is 1.20 bits per heavy atom. The quantitative estimate of drug-likeness (QED) is 0.622. The van der Waals surface area contributed by atoms with Crippen molar-refractivity contribution in [3.63, 3.8) is 0 Å². The number of rotatable bonds is 5. The first kappa shape index (κ1) is 16.3. The second-order valence-electron chi connectivity index (χ2n) is 3.55. The fraction of sp³-hybridized carbons (Fsp3) is 0.333. The highest BCUT2D eigenvalue weighted by molar-refractivity contribution is 9.10. The van der Waals surface area contributed by atoms with Crippen molar-refractivity contribution in [2.24, 2.45) is 0 Å². The number of nitrogens with one attached hydrogen (secondary N) is 2. The first-order valence-electron chi connectivity index (χ1n) is 5.64. The number of hydrogen-bond donors (Lipinski definition) is 2. The van der Waals surface area contributed by atoms with Gasteiger partial charge in [-0.25, -0.2) is 10.2 Å².